The van der Waals surface area contributed by atoms with Crippen molar-refractivity contribution in [2.45, 2.75) is 127 Å². The second-order valence-electron chi connectivity index (χ2n) is 10.4. The number of carbonyl (C=O) groups excluding carboxylic acids is 2. The Morgan fingerprint density at radius 3 is 1.22 bits per heavy atom. The zero-order valence-electron chi connectivity index (χ0n) is 23.8. The van der Waals surface area contributed by atoms with Crippen LogP contribution in [0, 0.1) is 11.8 Å². The summed E-state index contributed by atoms with van der Waals surface area (Å²) in [5.74, 6) is -3.17. The lowest BCUT2D eigenvalue weighted by atomic mass is 9.97. The molecule has 0 amide bonds. The molecule has 0 aromatic heterocycles. The topological polar surface area (TPSA) is 242 Å². The van der Waals surface area contributed by atoms with Gasteiger partial charge in [0.25, 0.3) is 0 Å². The van der Waals surface area contributed by atoms with Crippen molar-refractivity contribution in [1.29, 1.82) is 0 Å². The molecule has 2 fully saturated rings. The van der Waals surface area contributed by atoms with Crippen LogP contribution < -0.4 is 0 Å². The number of carbonyl (C=O) groups is 2. The Kier molecular flexibility index (Phi) is 14.3. The van der Waals surface area contributed by atoms with Gasteiger partial charge in [-0.05, 0) is 25.7 Å². The molecule has 240 valence electrons. The van der Waals surface area contributed by atoms with Gasteiger partial charge in [0.15, 0.2) is 12.6 Å². The lowest BCUT2D eigenvalue weighted by Gasteiger charge is -2.44. The van der Waals surface area contributed by atoms with Crippen LogP contribution in [0.3, 0.4) is 0 Å². The maximum absolute atomic E-state index is 12.4. The Morgan fingerprint density at radius 2 is 0.927 bits per heavy atom. The van der Waals surface area contributed by atoms with Crippen molar-refractivity contribution in [1.82, 2.24) is 0 Å². The lowest BCUT2D eigenvalue weighted by Crippen LogP contribution is -2.64. The fraction of sp³-hybridized carbons (Fsp3) is 0.923. The third-order valence-corrected chi connectivity index (χ3v) is 7.64. The Hall–Kier alpha value is -1.50. The summed E-state index contributed by atoms with van der Waals surface area (Å²) in [6.07, 6.45) is -17.9. The number of aliphatic hydroxyl groups excluding tert-OH is 8. The average molecular weight is 599 g/mol. The summed E-state index contributed by atoms with van der Waals surface area (Å²) in [5, 5.41) is 82.3. The van der Waals surface area contributed by atoms with E-state index in [2.05, 4.69) is 0 Å². The zero-order valence-corrected chi connectivity index (χ0v) is 23.8. The molecule has 2 saturated heterocycles. The molecule has 2 heterocycles. The highest BCUT2D eigenvalue weighted by molar-refractivity contribution is 5.73. The molecular weight excluding hydrogens is 552 g/mol. The summed E-state index contributed by atoms with van der Waals surface area (Å²) < 4.78 is 26.8. The largest absolute Gasteiger partial charge is 0.463 e. The highest BCUT2D eigenvalue weighted by atomic mass is 16.8. The van der Waals surface area contributed by atoms with Gasteiger partial charge in [-0.2, -0.15) is 0 Å². The molecule has 0 aliphatic carbocycles. The van der Waals surface area contributed by atoms with Crippen LogP contribution in [0.15, 0.2) is 0 Å². The van der Waals surface area contributed by atoms with E-state index in [9.17, 15) is 50.4 Å². The third-order valence-electron chi connectivity index (χ3n) is 7.64. The summed E-state index contributed by atoms with van der Waals surface area (Å²) in [7, 11) is 0. The summed E-state index contributed by atoms with van der Waals surface area (Å²) in [6.45, 7) is 5.61. The Morgan fingerprint density at radius 1 is 0.585 bits per heavy atom. The highest BCUT2D eigenvalue weighted by Gasteiger charge is 2.50. The Balaban J connectivity index is 2.07. The molecule has 0 saturated carbocycles. The molecule has 2 rings (SSSR count). The normalized spacial score (nSPS) is 37.1. The van der Waals surface area contributed by atoms with Crippen LogP contribution in [-0.2, 0) is 33.3 Å². The number of aliphatic hydroxyl groups is 8. The van der Waals surface area contributed by atoms with Gasteiger partial charge in [-0.1, -0.05) is 27.7 Å². The Labute approximate surface area is 238 Å². The summed E-state index contributed by atoms with van der Waals surface area (Å²) >= 11 is 0. The van der Waals surface area contributed by atoms with E-state index in [4.69, 9.17) is 23.7 Å². The molecule has 0 bridgehead atoms. The van der Waals surface area contributed by atoms with Gasteiger partial charge in [0.05, 0.1) is 24.0 Å². The molecule has 0 aromatic carbocycles. The molecule has 0 spiro atoms. The van der Waals surface area contributed by atoms with Crippen molar-refractivity contribution >= 4 is 11.9 Å². The van der Waals surface area contributed by atoms with Crippen LogP contribution in [0.1, 0.15) is 53.4 Å². The van der Waals surface area contributed by atoms with Crippen LogP contribution in [0.5, 0.6) is 0 Å². The summed E-state index contributed by atoms with van der Waals surface area (Å²) in [4.78, 5) is 24.8. The van der Waals surface area contributed by atoms with E-state index in [0.717, 1.165) is 0 Å². The molecule has 2 aliphatic heterocycles. The van der Waals surface area contributed by atoms with E-state index >= 15 is 0 Å². The van der Waals surface area contributed by atoms with Gasteiger partial charge in [-0.15, -0.1) is 0 Å². The van der Waals surface area contributed by atoms with E-state index in [1.165, 1.54) is 0 Å². The number of rotatable bonds is 14. The lowest BCUT2D eigenvalue weighted by molar-refractivity contribution is -0.376. The number of ether oxygens (including phenoxy) is 5. The summed E-state index contributed by atoms with van der Waals surface area (Å²) in [5.41, 5.74) is 0. The van der Waals surface area contributed by atoms with Crippen LogP contribution in [0.2, 0.25) is 0 Å². The molecule has 0 aromatic rings. The first kappa shape index (κ1) is 35.7. The van der Waals surface area contributed by atoms with E-state index in [-0.39, 0.29) is 12.8 Å². The van der Waals surface area contributed by atoms with Crippen molar-refractivity contribution in [2.24, 2.45) is 11.8 Å². The number of hydrogen-bond acceptors (Lipinski definition) is 15. The van der Waals surface area contributed by atoms with Gasteiger partial charge < -0.3 is 64.5 Å². The second-order valence-corrected chi connectivity index (χ2v) is 10.4. The van der Waals surface area contributed by atoms with Crippen LogP contribution >= 0.6 is 0 Å². The fourth-order valence-electron chi connectivity index (χ4n) is 4.77. The predicted molar refractivity (Wildman–Crippen MR) is 137 cm³/mol. The first-order chi connectivity index (χ1) is 19.3. The van der Waals surface area contributed by atoms with Gasteiger partial charge in [0, 0.05) is 0 Å². The maximum Gasteiger partial charge on any atom is 0.311 e. The van der Waals surface area contributed by atoms with Gasteiger partial charge in [-0.3, -0.25) is 9.59 Å². The molecule has 0 radical (unpaired) electrons. The smallest absolute Gasteiger partial charge is 0.311 e. The summed E-state index contributed by atoms with van der Waals surface area (Å²) in [6, 6.07) is 0. The molecule has 41 heavy (non-hydrogen) atoms. The maximum atomic E-state index is 12.4. The third kappa shape index (κ3) is 8.76. The molecule has 14 atom stereocenters. The standard InChI is InChI=1S/C26H46O15/c1-5-11(13(27)7-3)23(35)37-9-15-17(29)19(31)21(33)25(39-15)41-26-22(34)20(32)18(30)16(40-26)10-38-24(36)12(6-2)14(28)8-4/h11-22,25-34H,5-10H2,1-4H3/t11?,12?,13?,14?,15?,16?,17-,18-,19-,20-,21?,22?,25-,26-/m0/s1. The monoisotopic (exact) mass is 598 g/mol. The minimum Gasteiger partial charge on any atom is -0.463 e. The van der Waals surface area contributed by atoms with Crippen molar-refractivity contribution in [3.63, 3.8) is 0 Å². The van der Waals surface area contributed by atoms with Crippen molar-refractivity contribution in [3.8, 4) is 0 Å². The van der Waals surface area contributed by atoms with Gasteiger partial charge in [0.2, 0.25) is 0 Å². The highest BCUT2D eigenvalue weighted by Crippen LogP contribution is 2.29. The average Bonchev–Trinajstić information content (AvgIpc) is 2.96. The molecule has 15 nitrogen and oxygen atoms in total. The molecule has 8 N–H and O–H groups in total. The second kappa shape index (κ2) is 16.4. The first-order valence-corrected chi connectivity index (χ1v) is 14.1. The van der Waals surface area contributed by atoms with Crippen molar-refractivity contribution < 1.29 is 74.1 Å². The predicted octanol–water partition coefficient (Wildman–Crippen LogP) is -2.70. The Bertz CT molecular complexity index is 750. The van der Waals surface area contributed by atoms with Crippen molar-refractivity contribution in [2.75, 3.05) is 13.2 Å². The van der Waals surface area contributed by atoms with Crippen LogP contribution in [0.4, 0.5) is 0 Å². The fourth-order valence-corrected chi connectivity index (χ4v) is 4.77. The molecule has 15 heteroatoms. The zero-order chi connectivity index (χ0) is 31.0. The van der Waals surface area contributed by atoms with Gasteiger partial charge in [-0.25, -0.2) is 0 Å². The van der Waals surface area contributed by atoms with E-state index < -0.39 is 111 Å². The number of esters is 2. The molecular formula is C26H46O15. The SMILES string of the molecule is CCC(O)C(CC)C(=O)OCC1O[C@@H](O[C@@H]2OC(COC(=O)C(CC)C(O)CC)[C@H](O)[C@H](O)C2O)C(O)[C@@H](O)[C@H]1O. The van der Waals surface area contributed by atoms with E-state index in [0.29, 0.717) is 12.8 Å². The molecule has 2 aliphatic rings. The first-order valence-electron chi connectivity index (χ1n) is 14.1. The van der Waals surface area contributed by atoms with E-state index in [1.807, 2.05) is 0 Å². The van der Waals surface area contributed by atoms with Crippen molar-refractivity contribution in [3.05, 3.63) is 0 Å². The van der Waals surface area contributed by atoms with E-state index in [1.54, 1.807) is 27.7 Å². The van der Waals surface area contributed by atoms with Gasteiger partial charge >= 0.3 is 11.9 Å². The minimum absolute atomic E-state index is 0.287. The quantitative estimate of drug-likeness (QED) is 0.0949. The van der Waals surface area contributed by atoms with Gasteiger partial charge in [0.1, 0.15) is 62.0 Å². The molecule has 8 unspecified atom stereocenters. The van der Waals surface area contributed by atoms with Crippen LogP contribution in [-0.4, -0.2) is 140 Å². The minimum atomic E-state index is -1.88. The number of hydrogen-bond donors (Lipinski definition) is 8. The van der Waals surface area contributed by atoms with Crippen LogP contribution in [0.25, 0.3) is 0 Å².